The third-order valence-electron chi connectivity index (χ3n) is 4.69. The van der Waals surface area contributed by atoms with Gasteiger partial charge in [0.05, 0.1) is 0 Å². The van der Waals surface area contributed by atoms with Crippen LogP contribution >= 0.6 is 11.3 Å². The van der Waals surface area contributed by atoms with E-state index < -0.39 is 30.3 Å². The largest absolute Gasteiger partial charge is 0.451 e. The molecule has 2 aromatic rings. The van der Waals surface area contributed by atoms with E-state index in [2.05, 4.69) is 17.6 Å². The van der Waals surface area contributed by atoms with E-state index in [0.29, 0.717) is 11.3 Å². The van der Waals surface area contributed by atoms with Crippen molar-refractivity contribution in [1.29, 1.82) is 0 Å². The molecule has 1 saturated carbocycles. The van der Waals surface area contributed by atoms with Crippen LogP contribution in [0.4, 0.5) is 9.18 Å². The minimum absolute atomic E-state index is 0.0491. The lowest BCUT2D eigenvalue weighted by Crippen LogP contribution is -2.48. The van der Waals surface area contributed by atoms with Crippen LogP contribution in [0.1, 0.15) is 42.3 Å². The van der Waals surface area contributed by atoms with Crippen LogP contribution in [0.15, 0.2) is 24.3 Å². The van der Waals surface area contributed by atoms with Crippen LogP contribution in [0.2, 0.25) is 0 Å². The van der Waals surface area contributed by atoms with Gasteiger partial charge in [0, 0.05) is 10.7 Å². The van der Waals surface area contributed by atoms with Gasteiger partial charge >= 0.3 is 12.0 Å². The smallest absolute Gasteiger partial charge is 0.348 e. The number of hydrogen-bond donors (Lipinski definition) is 2. The fraction of sp³-hybridized carbons (Fsp3) is 0.421. The molecule has 1 aliphatic carbocycles. The van der Waals surface area contributed by atoms with Crippen molar-refractivity contribution in [2.45, 2.75) is 38.6 Å². The molecule has 1 aromatic heterocycles. The summed E-state index contributed by atoms with van der Waals surface area (Å²) in [6.45, 7) is 1.51. The van der Waals surface area contributed by atoms with Crippen molar-refractivity contribution < 1.29 is 23.5 Å². The molecular formula is C19H21FN2O4S. The third kappa shape index (κ3) is 5.03. The van der Waals surface area contributed by atoms with Crippen LogP contribution in [0, 0.1) is 11.7 Å². The molecule has 0 unspecified atom stereocenters. The number of benzene rings is 1. The SMILES string of the molecule is C[C@@H]1CCCC[C@H]1NC(=O)NC(=O)COC(=O)c1cc2cc(F)ccc2s1. The number of carbonyl (C=O) groups excluding carboxylic acids is 3. The summed E-state index contributed by atoms with van der Waals surface area (Å²) in [6.07, 6.45) is 4.15. The minimum Gasteiger partial charge on any atom is -0.451 e. The number of carbonyl (C=O) groups is 3. The predicted octanol–water partition coefficient (Wildman–Crippen LogP) is 3.60. The summed E-state index contributed by atoms with van der Waals surface area (Å²) in [5, 5.41) is 5.57. The van der Waals surface area contributed by atoms with Gasteiger partial charge < -0.3 is 10.1 Å². The van der Waals surface area contributed by atoms with Crippen LogP contribution < -0.4 is 10.6 Å². The van der Waals surface area contributed by atoms with Gasteiger partial charge in [-0.3, -0.25) is 10.1 Å². The fourth-order valence-electron chi connectivity index (χ4n) is 3.21. The fourth-order valence-corrected chi connectivity index (χ4v) is 4.15. The van der Waals surface area contributed by atoms with Crippen LogP contribution in [-0.4, -0.2) is 30.6 Å². The van der Waals surface area contributed by atoms with Gasteiger partial charge in [-0.05, 0) is 48.4 Å². The zero-order valence-corrected chi connectivity index (χ0v) is 15.7. The molecule has 27 heavy (non-hydrogen) atoms. The quantitative estimate of drug-likeness (QED) is 0.779. The lowest BCUT2D eigenvalue weighted by Gasteiger charge is -2.29. The number of hydrogen-bond acceptors (Lipinski definition) is 5. The Morgan fingerprint density at radius 2 is 2.00 bits per heavy atom. The third-order valence-corrected chi connectivity index (χ3v) is 5.79. The number of esters is 1. The molecule has 2 atom stereocenters. The number of ether oxygens (including phenoxy) is 1. The first-order chi connectivity index (χ1) is 12.9. The zero-order chi connectivity index (χ0) is 19.4. The average Bonchev–Trinajstić information content (AvgIpc) is 3.04. The maximum Gasteiger partial charge on any atom is 0.348 e. The number of amides is 3. The molecule has 1 aromatic carbocycles. The van der Waals surface area contributed by atoms with E-state index >= 15 is 0 Å². The molecule has 0 spiro atoms. The second-order valence-electron chi connectivity index (χ2n) is 6.76. The van der Waals surface area contributed by atoms with Crippen molar-refractivity contribution in [1.82, 2.24) is 10.6 Å². The molecule has 0 bridgehead atoms. The van der Waals surface area contributed by atoms with Gasteiger partial charge in [0.25, 0.3) is 5.91 Å². The number of fused-ring (bicyclic) bond motifs is 1. The molecule has 1 heterocycles. The van der Waals surface area contributed by atoms with E-state index in [9.17, 15) is 18.8 Å². The number of halogens is 1. The van der Waals surface area contributed by atoms with Crippen molar-refractivity contribution in [2.75, 3.05) is 6.61 Å². The number of thiophene rings is 1. The molecule has 3 rings (SSSR count). The number of rotatable bonds is 4. The lowest BCUT2D eigenvalue weighted by atomic mass is 9.86. The summed E-state index contributed by atoms with van der Waals surface area (Å²) in [5.41, 5.74) is 0. The topological polar surface area (TPSA) is 84.5 Å². The van der Waals surface area contributed by atoms with Gasteiger partial charge in [0.15, 0.2) is 6.61 Å². The monoisotopic (exact) mass is 392 g/mol. The van der Waals surface area contributed by atoms with Crippen molar-refractivity contribution >= 4 is 39.3 Å². The number of urea groups is 1. The predicted molar refractivity (Wildman–Crippen MR) is 100 cm³/mol. The van der Waals surface area contributed by atoms with Crippen molar-refractivity contribution in [3.05, 3.63) is 35.0 Å². The molecule has 144 valence electrons. The van der Waals surface area contributed by atoms with Crippen LogP contribution in [0.5, 0.6) is 0 Å². The number of imide groups is 1. The highest BCUT2D eigenvalue weighted by Gasteiger charge is 2.23. The second-order valence-corrected chi connectivity index (χ2v) is 7.84. The number of nitrogens with one attached hydrogen (secondary N) is 2. The van der Waals surface area contributed by atoms with E-state index in [0.717, 1.165) is 41.7 Å². The van der Waals surface area contributed by atoms with Gasteiger partial charge in [0.1, 0.15) is 10.7 Å². The molecular weight excluding hydrogens is 371 g/mol. The molecule has 2 N–H and O–H groups in total. The molecule has 0 saturated heterocycles. The Bertz CT molecular complexity index is 867. The Morgan fingerprint density at radius 3 is 2.78 bits per heavy atom. The Hall–Kier alpha value is -2.48. The molecule has 8 heteroatoms. The van der Waals surface area contributed by atoms with Crippen molar-refractivity contribution in [2.24, 2.45) is 5.92 Å². The second kappa shape index (κ2) is 8.47. The first kappa shape index (κ1) is 19.3. The molecule has 6 nitrogen and oxygen atoms in total. The van der Waals surface area contributed by atoms with Crippen molar-refractivity contribution in [3.8, 4) is 0 Å². The van der Waals surface area contributed by atoms with E-state index in [-0.39, 0.29) is 10.9 Å². The molecule has 3 amide bonds. The normalized spacial score (nSPS) is 19.5. The minimum atomic E-state index is -0.698. The van der Waals surface area contributed by atoms with Gasteiger partial charge in [-0.15, -0.1) is 11.3 Å². The standard InChI is InChI=1S/C19H21FN2O4S/c1-11-4-2-3-5-14(11)21-19(25)22-17(23)10-26-18(24)16-9-12-8-13(20)6-7-15(12)27-16/h6-9,11,14H,2-5,10H2,1H3,(H2,21,22,23,25)/t11-,14-/m1/s1. The zero-order valence-electron chi connectivity index (χ0n) is 14.9. The highest BCUT2D eigenvalue weighted by Crippen LogP contribution is 2.27. The van der Waals surface area contributed by atoms with Crippen molar-refractivity contribution in [3.63, 3.8) is 0 Å². The van der Waals surface area contributed by atoms with Crippen LogP contribution in [0.25, 0.3) is 10.1 Å². The maximum absolute atomic E-state index is 13.2. The summed E-state index contributed by atoms with van der Waals surface area (Å²) in [5.74, 6) is -1.40. The molecule has 1 fully saturated rings. The molecule has 0 aliphatic heterocycles. The Labute approximate surface area is 160 Å². The molecule has 1 aliphatic rings. The van der Waals surface area contributed by atoms with Gasteiger partial charge in [-0.25, -0.2) is 14.0 Å². The van der Waals surface area contributed by atoms with Crippen LogP contribution in [-0.2, 0) is 9.53 Å². The van der Waals surface area contributed by atoms with E-state index in [1.165, 1.54) is 18.2 Å². The Kier molecular flexibility index (Phi) is 6.05. The lowest BCUT2D eigenvalue weighted by molar-refractivity contribution is -0.123. The summed E-state index contributed by atoms with van der Waals surface area (Å²) in [6, 6.07) is 5.20. The Balaban J connectivity index is 1.47. The van der Waals surface area contributed by atoms with E-state index in [1.54, 1.807) is 6.07 Å². The summed E-state index contributed by atoms with van der Waals surface area (Å²) < 4.78 is 18.9. The first-order valence-corrected chi connectivity index (χ1v) is 9.70. The highest BCUT2D eigenvalue weighted by molar-refractivity contribution is 7.20. The molecule has 0 radical (unpaired) electrons. The van der Waals surface area contributed by atoms with Gasteiger partial charge in [-0.2, -0.15) is 0 Å². The summed E-state index contributed by atoms with van der Waals surface area (Å²) >= 11 is 1.15. The van der Waals surface area contributed by atoms with Gasteiger partial charge in [-0.1, -0.05) is 19.8 Å². The summed E-state index contributed by atoms with van der Waals surface area (Å²) in [7, 11) is 0. The Morgan fingerprint density at radius 1 is 1.22 bits per heavy atom. The first-order valence-electron chi connectivity index (χ1n) is 8.89. The maximum atomic E-state index is 13.2. The summed E-state index contributed by atoms with van der Waals surface area (Å²) in [4.78, 5) is 36.1. The van der Waals surface area contributed by atoms with Crippen LogP contribution in [0.3, 0.4) is 0 Å². The highest BCUT2D eigenvalue weighted by atomic mass is 32.1. The van der Waals surface area contributed by atoms with Gasteiger partial charge in [0.2, 0.25) is 0 Å². The average molecular weight is 392 g/mol. The van der Waals surface area contributed by atoms with E-state index in [1.807, 2.05) is 0 Å². The van der Waals surface area contributed by atoms with E-state index in [4.69, 9.17) is 4.74 Å².